The predicted molar refractivity (Wildman–Crippen MR) is 197 cm³/mol. The number of pyridine rings is 3. The molecule has 0 atom stereocenters. The quantitative estimate of drug-likeness (QED) is 0.175. The lowest BCUT2D eigenvalue weighted by molar-refractivity contribution is 0.667. The molecular formula is C42H22N6O2. The van der Waals surface area contributed by atoms with Crippen LogP contribution in [0.25, 0.3) is 110 Å². The van der Waals surface area contributed by atoms with Gasteiger partial charge in [0.15, 0.2) is 23.1 Å². The van der Waals surface area contributed by atoms with Crippen LogP contribution in [0.5, 0.6) is 0 Å². The van der Waals surface area contributed by atoms with Crippen LogP contribution in [0, 0.1) is 0 Å². The molecule has 232 valence electrons. The molecule has 6 aromatic heterocycles. The highest BCUT2D eigenvalue weighted by Gasteiger charge is 2.21. The summed E-state index contributed by atoms with van der Waals surface area (Å²) in [6.45, 7) is 0. The van der Waals surface area contributed by atoms with E-state index >= 15 is 0 Å². The van der Waals surface area contributed by atoms with Crippen LogP contribution in [0.2, 0.25) is 0 Å². The van der Waals surface area contributed by atoms with Crippen molar-refractivity contribution >= 4 is 76.2 Å². The van der Waals surface area contributed by atoms with Crippen molar-refractivity contribution < 1.29 is 8.83 Å². The molecule has 11 aromatic rings. The second kappa shape index (κ2) is 10.2. The molecule has 11 rings (SSSR count). The van der Waals surface area contributed by atoms with Gasteiger partial charge in [-0.3, -0.25) is 15.0 Å². The lowest BCUT2D eigenvalue weighted by Gasteiger charge is -2.11. The third-order valence-corrected chi connectivity index (χ3v) is 9.59. The Labute approximate surface area is 282 Å². The average Bonchev–Trinajstić information content (AvgIpc) is 3.76. The van der Waals surface area contributed by atoms with E-state index in [9.17, 15) is 0 Å². The molecule has 0 fully saturated rings. The van der Waals surface area contributed by atoms with Crippen LogP contribution < -0.4 is 0 Å². The Morgan fingerprint density at radius 2 is 1.08 bits per heavy atom. The third kappa shape index (κ3) is 3.93. The first kappa shape index (κ1) is 26.9. The van der Waals surface area contributed by atoms with Crippen LogP contribution in [0.3, 0.4) is 0 Å². The molecule has 0 aliphatic carbocycles. The number of furan rings is 2. The van der Waals surface area contributed by atoms with E-state index in [2.05, 4.69) is 63.5 Å². The van der Waals surface area contributed by atoms with Crippen LogP contribution in [0.15, 0.2) is 143 Å². The highest BCUT2D eigenvalue weighted by Crippen LogP contribution is 2.39. The SMILES string of the molecule is c1ccc2c(c1)oc1cncc(-c3nc(-c4ccc5c(ccc6c7ccncc7ccc56)c4)nc(-c4cccc5oc6ccncc6c45)n3)c12. The summed E-state index contributed by atoms with van der Waals surface area (Å²) in [6, 6.07) is 32.9. The van der Waals surface area contributed by atoms with Gasteiger partial charge in [0.2, 0.25) is 0 Å². The fourth-order valence-electron chi connectivity index (χ4n) is 7.32. The zero-order valence-electron chi connectivity index (χ0n) is 26.2. The highest BCUT2D eigenvalue weighted by atomic mass is 16.3. The summed E-state index contributed by atoms with van der Waals surface area (Å²) < 4.78 is 12.4. The van der Waals surface area contributed by atoms with Crippen molar-refractivity contribution in [3.05, 3.63) is 134 Å². The number of aromatic nitrogens is 6. The lowest BCUT2D eigenvalue weighted by atomic mass is 9.97. The summed E-state index contributed by atoms with van der Waals surface area (Å²) in [4.78, 5) is 28.6. The highest BCUT2D eigenvalue weighted by molar-refractivity contribution is 6.17. The molecule has 0 saturated carbocycles. The van der Waals surface area contributed by atoms with Gasteiger partial charge in [0, 0.05) is 74.6 Å². The summed E-state index contributed by atoms with van der Waals surface area (Å²) >= 11 is 0. The van der Waals surface area contributed by atoms with E-state index in [1.807, 2.05) is 67.1 Å². The van der Waals surface area contributed by atoms with Crippen molar-refractivity contribution in [1.82, 2.24) is 29.9 Å². The van der Waals surface area contributed by atoms with Gasteiger partial charge in [0.25, 0.3) is 0 Å². The Balaban J connectivity index is 1.18. The topological polar surface area (TPSA) is 104 Å². The standard InChI is InChI=1S/C42H22N6O2/c1-2-6-34-30(4-1)38-33(21-45-22-37(38)50-34)42-47-40(46-41(48-42)31-5-3-7-36-39(31)32-20-44-17-15-35(32)49-36)24-9-11-26-23(18-24)8-12-29-27-14-16-43-19-25(27)10-13-28(26)29/h1-22H. The van der Waals surface area contributed by atoms with E-state index < -0.39 is 0 Å². The van der Waals surface area contributed by atoms with Crippen molar-refractivity contribution in [1.29, 1.82) is 0 Å². The zero-order valence-corrected chi connectivity index (χ0v) is 26.2. The van der Waals surface area contributed by atoms with Crippen molar-refractivity contribution in [3.63, 3.8) is 0 Å². The van der Waals surface area contributed by atoms with E-state index in [4.69, 9.17) is 23.8 Å². The van der Waals surface area contributed by atoms with Crippen molar-refractivity contribution in [2.24, 2.45) is 0 Å². The van der Waals surface area contributed by atoms with Gasteiger partial charge in [-0.05, 0) is 57.3 Å². The number of fused-ring (bicyclic) bond motifs is 11. The maximum absolute atomic E-state index is 6.21. The maximum Gasteiger partial charge on any atom is 0.166 e. The van der Waals surface area contributed by atoms with Crippen LogP contribution in [0.1, 0.15) is 0 Å². The number of hydrogen-bond acceptors (Lipinski definition) is 8. The first-order chi connectivity index (χ1) is 24.8. The van der Waals surface area contributed by atoms with Crippen LogP contribution in [-0.2, 0) is 0 Å². The molecule has 0 saturated heterocycles. The van der Waals surface area contributed by atoms with Crippen LogP contribution >= 0.6 is 0 Å². The first-order valence-corrected chi connectivity index (χ1v) is 16.2. The number of nitrogens with zero attached hydrogens (tertiary/aromatic N) is 6. The molecule has 50 heavy (non-hydrogen) atoms. The van der Waals surface area contributed by atoms with Crippen molar-refractivity contribution in [2.45, 2.75) is 0 Å². The summed E-state index contributed by atoms with van der Waals surface area (Å²) in [5.41, 5.74) is 5.39. The van der Waals surface area contributed by atoms with E-state index in [1.165, 1.54) is 16.2 Å². The second-order valence-electron chi connectivity index (χ2n) is 12.4. The van der Waals surface area contributed by atoms with Gasteiger partial charge in [-0.25, -0.2) is 15.0 Å². The summed E-state index contributed by atoms with van der Waals surface area (Å²) in [5, 5.41) is 10.6. The van der Waals surface area contributed by atoms with E-state index in [1.54, 1.807) is 18.6 Å². The van der Waals surface area contributed by atoms with Gasteiger partial charge in [0.05, 0.1) is 6.20 Å². The summed E-state index contributed by atoms with van der Waals surface area (Å²) in [5.74, 6) is 1.56. The molecule has 0 amide bonds. The van der Waals surface area contributed by atoms with Crippen molar-refractivity contribution in [3.8, 4) is 34.2 Å². The molecule has 0 radical (unpaired) electrons. The number of benzene rings is 5. The number of para-hydroxylation sites is 1. The molecule has 8 heteroatoms. The van der Waals surface area contributed by atoms with Crippen LogP contribution in [-0.4, -0.2) is 29.9 Å². The Morgan fingerprint density at radius 1 is 0.380 bits per heavy atom. The molecule has 0 aliphatic rings. The molecule has 0 spiro atoms. The number of rotatable bonds is 3. The smallest absolute Gasteiger partial charge is 0.166 e. The Bertz CT molecular complexity index is 3050. The van der Waals surface area contributed by atoms with E-state index in [-0.39, 0.29) is 0 Å². The van der Waals surface area contributed by atoms with Crippen LogP contribution in [0.4, 0.5) is 0 Å². The Kier molecular flexibility index (Phi) is 5.51. The third-order valence-electron chi connectivity index (χ3n) is 9.59. The van der Waals surface area contributed by atoms with Gasteiger partial charge in [-0.1, -0.05) is 66.7 Å². The Morgan fingerprint density at radius 3 is 2.02 bits per heavy atom. The van der Waals surface area contributed by atoms with Gasteiger partial charge in [-0.2, -0.15) is 0 Å². The summed E-state index contributed by atoms with van der Waals surface area (Å²) in [6.07, 6.45) is 10.8. The largest absolute Gasteiger partial charge is 0.456 e. The minimum Gasteiger partial charge on any atom is -0.456 e. The summed E-state index contributed by atoms with van der Waals surface area (Å²) in [7, 11) is 0. The fourth-order valence-corrected chi connectivity index (χ4v) is 7.32. The minimum absolute atomic E-state index is 0.497. The van der Waals surface area contributed by atoms with Gasteiger partial charge in [0.1, 0.15) is 16.7 Å². The van der Waals surface area contributed by atoms with Crippen molar-refractivity contribution in [2.75, 3.05) is 0 Å². The average molecular weight is 643 g/mol. The zero-order chi connectivity index (χ0) is 32.8. The van der Waals surface area contributed by atoms with Gasteiger partial charge >= 0.3 is 0 Å². The van der Waals surface area contributed by atoms with E-state index in [0.717, 1.165) is 71.1 Å². The lowest BCUT2D eigenvalue weighted by Crippen LogP contribution is -2.01. The molecule has 6 heterocycles. The minimum atomic E-state index is 0.497. The first-order valence-electron chi connectivity index (χ1n) is 16.2. The number of hydrogen-bond donors (Lipinski definition) is 0. The second-order valence-corrected chi connectivity index (χ2v) is 12.4. The van der Waals surface area contributed by atoms with Gasteiger partial charge in [-0.15, -0.1) is 0 Å². The monoisotopic (exact) mass is 642 g/mol. The molecule has 0 aliphatic heterocycles. The molecule has 0 N–H and O–H groups in total. The molecule has 5 aromatic carbocycles. The Hall–Kier alpha value is -7.06. The predicted octanol–water partition coefficient (Wildman–Crippen LogP) is 10.3. The fraction of sp³-hybridized carbons (Fsp3) is 0. The molecule has 0 bridgehead atoms. The molecular weight excluding hydrogens is 621 g/mol. The normalized spacial score (nSPS) is 12.0. The molecule has 0 unspecified atom stereocenters. The van der Waals surface area contributed by atoms with Gasteiger partial charge < -0.3 is 8.83 Å². The molecule has 8 nitrogen and oxygen atoms in total. The van der Waals surface area contributed by atoms with E-state index in [0.29, 0.717) is 23.1 Å². The maximum atomic E-state index is 6.21.